The van der Waals surface area contributed by atoms with Gasteiger partial charge < -0.3 is 4.74 Å². The quantitative estimate of drug-likeness (QED) is 0.374. The third-order valence-corrected chi connectivity index (χ3v) is 3.79. The van der Waals surface area contributed by atoms with Crippen molar-refractivity contribution in [3.8, 4) is 11.5 Å². The molecule has 1 aliphatic heterocycles. The Labute approximate surface area is 122 Å². The van der Waals surface area contributed by atoms with E-state index in [0.29, 0.717) is 0 Å². The van der Waals surface area contributed by atoms with Gasteiger partial charge in [-0.05, 0) is 29.2 Å². The Kier molecular flexibility index (Phi) is 2.61. The molecule has 0 radical (unpaired) electrons. The van der Waals surface area contributed by atoms with Crippen LogP contribution in [0.1, 0.15) is 11.1 Å². The number of allylic oxidation sites excluding steroid dienone is 1. The fourth-order valence-corrected chi connectivity index (χ4v) is 2.85. The first-order valence-corrected chi connectivity index (χ1v) is 6.83. The second kappa shape index (κ2) is 4.60. The summed E-state index contributed by atoms with van der Waals surface area (Å²) in [5, 5.41) is 2.18. The van der Waals surface area contributed by atoms with Crippen molar-refractivity contribution >= 4 is 22.6 Å². The van der Waals surface area contributed by atoms with Crippen LogP contribution < -0.4 is 4.74 Å². The topological polar surface area (TPSA) is 26.3 Å². The lowest BCUT2D eigenvalue weighted by molar-refractivity contribution is -0.104. The van der Waals surface area contributed by atoms with Crippen molar-refractivity contribution in [3.63, 3.8) is 0 Å². The van der Waals surface area contributed by atoms with Crippen LogP contribution in [0.5, 0.6) is 11.5 Å². The van der Waals surface area contributed by atoms with Gasteiger partial charge in [-0.2, -0.15) is 0 Å². The fraction of sp³-hybridized carbons (Fsp3) is 0. The second-order valence-corrected chi connectivity index (χ2v) is 4.98. The summed E-state index contributed by atoms with van der Waals surface area (Å²) in [7, 11) is 0. The van der Waals surface area contributed by atoms with E-state index in [4.69, 9.17) is 4.74 Å². The predicted octanol–water partition coefficient (Wildman–Crippen LogP) is 4.58. The summed E-state index contributed by atoms with van der Waals surface area (Å²) in [6, 6.07) is 20.0. The highest BCUT2D eigenvalue weighted by molar-refractivity contribution is 6.01. The summed E-state index contributed by atoms with van der Waals surface area (Å²) >= 11 is 0. The van der Waals surface area contributed by atoms with Crippen LogP contribution in [0.15, 0.2) is 66.7 Å². The van der Waals surface area contributed by atoms with Crippen molar-refractivity contribution < 1.29 is 9.53 Å². The molecule has 100 valence electrons. The van der Waals surface area contributed by atoms with E-state index in [1.165, 1.54) is 0 Å². The molecule has 0 amide bonds. The normalized spacial score (nSPS) is 14.4. The molecule has 2 nitrogen and oxygen atoms in total. The molecular formula is C19H12O2. The van der Waals surface area contributed by atoms with E-state index < -0.39 is 0 Å². The molecule has 0 aliphatic carbocycles. The van der Waals surface area contributed by atoms with Crippen molar-refractivity contribution in [3.05, 3.63) is 77.9 Å². The van der Waals surface area contributed by atoms with Gasteiger partial charge in [-0.3, -0.25) is 4.79 Å². The number of para-hydroxylation sites is 1. The molecule has 0 unspecified atom stereocenters. The van der Waals surface area contributed by atoms with Gasteiger partial charge >= 0.3 is 0 Å². The van der Waals surface area contributed by atoms with Gasteiger partial charge in [0, 0.05) is 16.5 Å². The van der Waals surface area contributed by atoms with Crippen molar-refractivity contribution in [2.75, 3.05) is 0 Å². The van der Waals surface area contributed by atoms with Crippen LogP contribution >= 0.6 is 0 Å². The van der Waals surface area contributed by atoms with E-state index in [-0.39, 0.29) is 0 Å². The Morgan fingerprint density at radius 2 is 1.62 bits per heavy atom. The van der Waals surface area contributed by atoms with Crippen LogP contribution in [0.3, 0.4) is 0 Å². The predicted molar refractivity (Wildman–Crippen MR) is 83.6 cm³/mol. The first-order valence-electron chi connectivity index (χ1n) is 6.83. The van der Waals surface area contributed by atoms with E-state index in [1.54, 1.807) is 6.08 Å². The average molecular weight is 272 g/mol. The van der Waals surface area contributed by atoms with E-state index in [9.17, 15) is 4.79 Å². The Hall–Kier alpha value is -2.87. The van der Waals surface area contributed by atoms with Gasteiger partial charge in [0.25, 0.3) is 0 Å². The van der Waals surface area contributed by atoms with Crippen LogP contribution in [-0.2, 0) is 4.79 Å². The summed E-state index contributed by atoms with van der Waals surface area (Å²) in [5.74, 6) is 1.61. The number of ether oxygens (including phenoxy) is 1. The standard InChI is InChI=1S/C19H12O2/c20-12-11-15-16-7-3-4-8-18(16)21-19-14-6-2-1-5-13(14)9-10-17(15)19/h1-12H/b15-11+. The maximum atomic E-state index is 11.0. The number of carbonyl (C=O) groups is 1. The Morgan fingerprint density at radius 1 is 0.810 bits per heavy atom. The van der Waals surface area contributed by atoms with Crippen LogP contribution in [-0.4, -0.2) is 6.29 Å². The first kappa shape index (κ1) is 11.9. The third-order valence-electron chi connectivity index (χ3n) is 3.79. The molecule has 0 aromatic heterocycles. The van der Waals surface area contributed by atoms with E-state index in [1.807, 2.05) is 48.5 Å². The van der Waals surface area contributed by atoms with Crippen molar-refractivity contribution in [2.24, 2.45) is 0 Å². The SMILES string of the molecule is O=C/C=C1\c2ccccc2Oc2c1ccc1ccccc21. The summed E-state index contributed by atoms with van der Waals surface area (Å²) in [6.07, 6.45) is 2.44. The molecule has 1 aliphatic rings. The summed E-state index contributed by atoms with van der Waals surface area (Å²) in [6.45, 7) is 0. The molecule has 0 N–H and O–H groups in total. The average Bonchev–Trinajstić information content (AvgIpc) is 2.55. The highest BCUT2D eigenvalue weighted by atomic mass is 16.5. The first-order chi connectivity index (χ1) is 10.4. The van der Waals surface area contributed by atoms with Crippen molar-refractivity contribution in [2.45, 2.75) is 0 Å². The van der Waals surface area contributed by atoms with Crippen LogP contribution in [0.2, 0.25) is 0 Å². The van der Waals surface area contributed by atoms with Gasteiger partial charge in [0.1, 0.15) is 17.8 Å². The number of benzene rings is 3. The van der Waals surface area contributed by atoms with Crippen molar-refractivity contribution in [1.29, 1.82) is 0 Å². The largest absolute Gasteiger partial charge is 0.455 e. The Bertz CT molecular complexity index is 891. The van der Waals surface area contributed by atoms with Gasteiger partial charge in [-0.25, -0.2) is 0 Å². The van der Waals surface area contributed by atoms with Crippen LogP contribution in [0.4, 0.5) is 0 Å². The number of fused-ring (bicyclic) bond motifs is 4. The fourth-order valence-electron chi connectivity index (χ4n) is 2.85. The molecule has 21 heavy (non-hydrogen) atoms. The summed E-state index contributed by atoms with van der Waals surface area (Å²) < 4.78 is 6.11. The third kappa shape index (κ3) is 1.77. The molecule has 3 aromatic rings. The molecule has 0 saturated heterocycles. The lowest BCUT2D eigenvalue weighted by Gasteiger charge is -2.23. The number of hydrogen-bond acceptors (Lipinski definition) is 2. The van der Waals surface area contributed by atoms with Gasteiger partial charge in [0.15, 0.2) is 0 Å². The maximum absolute atomic E-state index is 11.0. The van der Waals surface area contributed by atoms with Crippen LogP contribution in [0.25, 0.3) is 16.3 Å². The van der Waals surface area contributed by atoms with E-state index in [2.05, 4.69) is 12.1 Å². The molecule has 1 heterocycles. The minimum absolute atomic E-state index is 0.787. The molecule has 2 heteroatoms. The van der Waals surface area contributed by atoms with Crippen molar-refractivity contribution in [1.82, 2.24) is 0 Å². The van der Waals surface area contributed by atoms with Gasteiger partial charge in [-0.1, -0.05) is 48.5 Å². The molecule has 3 aromatic carbocycles. The molecular weight excluding hydrogens is 260 g/mol. The maximum Gasteiger partial charge on any atom is 0.143 e. The molecule has 0 saturated carbocycles. The smallest absolute Gasteiger partial charge is 0.143 e. The summed E-state index contributed by atoms with van der Waals surface area (Å²) in [5.41, 5.74) is 2.82. The van der Waals surface area contributed by atoms with Gasteiger partial charge in [0.2, 0.25) is 0 Å². The zero-order chi connectivity index (χ0) is 14.2. The number of carbonyl (C=O) groups excluding carboxylic acids is 1. The molecule has 0 bridgehead atoms. The van der Waals surface area contributed by atoms with E-state index in [0.717, 1.165) is 45.3 Å². The highest BCUT2D eigenvalue weighted by Gasteiger charge is 2.22. The highest BCUT2D eigenvalue weighted by Crippen LogP contribution is 2.46. The number of aldehydes is 1. The summed E-state index contributed by atoms with van der Waals surface area (Å²) in [4.78, 5) is 11.0. The lowest BCUT2D eigenvalue weighted by Crippen LogP contribution is -2.03. The van der Waals surface area contributed by atoms with Crippen LogP contribution in [0, 0.1) is 0 Å². The number of hydrogen-bond donors (Lipinski definition) is 0. The van der Waals surface area contributed by atoms with Gasteiger partial charge in [-0.15, -0.1) is 0 Å². The molecule has 0 spiro atoms. The van der Waals surface area contributed by atoms with Gasteiger partial charge in [0.05, 0.1) is 0 Å². The Balaban J connectivity index is 2.08. The zero-order valence-electron chi connectivity index (χ0n) is 11.2. The number of rotatable bonds is 1. The lowest BCUT2D eigenvalue weighted by atomic mass is 9.91. The molecule has 0 fully saturated rings. The zero-order valence-corrected chi connectivity index (χ0v) is 11.2. The monoisotopic (exact) mass is 272 g/mol. The minimum atomic E-state index is 0.787. The Morgan fingerprint density at radius 3 is 2.52 bits per heavy atom. The molecule has 4 rings (SSSR count). The second-order valence-electron chi connectivity index (χ2n) is 4.98. The van der Waals surface area contributed by atoms with E-state index >= 15 is 0 Å². The minimum Gasteiger partial charge on any atom is -0.455 e. The molecule has 0 atom stereocenters.